The number of carbonyl (C=O) groups excluding carboxylic acids is 1. The zero-order valence-corrected chi connectivity index (χ0v) is 18.3. The summed E-state index contributed by atoms with van der Waals surface area (Å²) in [5.41, 5.74) is 3.79. The van der Waals surface area contributed by atoms with Crippen LogP contribution in [0.1, 0.15) is 30.7 Å². The predicted octanol–water partition coefficient (Wildman–Crippen LogP) is 3.14. The summed E-state index contributed by atoms with van der Waals surface area (Å²) < 4.78 is 16.6. The van der Waals surface area contributed by atoms with Gasteiger partial charge in [0.15, 0.2) is 0 Å². The highest BCUT2D eigenvalue weighted by Crippen LogP contribution is 2.34. The van der Waals surface area contributed by atoms with Crippen molar-refractivity contribution >= 4 is 11.6 Å². The van der Waals surface area contributed by atoms with Crippen molar-refractivity contribution in [1.82, 2.24) is 19.7 Å². The number of aromatic nitrogens is 3. The van der Waals surface area contributed by atoms with Crippen molar-refractivity contribution in [2.24, 2.45) is 11.8 Å². The molecular formula is C25H26FN5O2. The molecule has 1 saturated heterocycles. The molecule has 1 saturated carbocycles. The van der Waals surface area contributed by atoms with Crippen molar-refractivity contribution in [3.63, 3.8) is 0 Å². The van der Waals surface area contributed by atoms with E-state index in [1.807, 2.05) is 23.1 Å². The van der Waals surface area contributed by atoms with Crippen LogP contribution >= 0.6 is 0 Å². The molecule has 2 aliphatic heterocycles. The van der Waals surface area contributed by atoms with Crippen LogP contribution in [0.5, 0.6) is 0 Å². The average Bonchev–Trinajstić information content (AvgIpc) is 3.21. The van der Waals surface area contributed by atoms with Gasteiger partial charge < -0.3 is 10.2 Å². The van der Waals surface area contributed by atoms with Gasteiger partial charge in [-0.05, 0) is 66.5 Å². The molecule has 0 radical (unpaired) electrons. The maximum atomic E-state index is 15.2. The number of likely N-dealkylation sites (tertiary alicyclic amines) is 1. The van der Waals surface area contributed by atoms with Gasteiger partial charge in [0.1, 0.15) is 11.6 Å². The van der Waals surface area contributed by atoms with Crippen LogP contribution in [0.15, 0.2) is 41.2 Å². The van der Waals surface area contributed by atoms with Crippen LogP contribution < -0.4 is 11.0 Å². The van der Waals surface area contributed by atoms with Crippen LogP contribution in [0.4, 0.5) is 10.1 Å². The van der Waals surface area contributed by atoms with Crippen molar-refractivity contribution in [1.29, 1.82) is 0 Å². The van der Waals surface area contributed by atoms with Gasteiger partial charge in [-0.15, -0.1) is 0 Å². The lowest BCUT2D eigenvalue weighted by Crippen LogP contribution is -2.30. The summed E-state index contributed by atoms with van der Waals surface area (Å²) in [6.45, 7) is 2.34. The van der Waals surface area contributed by atoms with Crippen LogP contribution in [0.2, 0.25) is 0 Å². The summed E-state index contributed by atoms with van der Waals surface area (Å²) in [6.07, 6.45) is 4.38. The second-order valence-electron chi connectivity index (χ2n) is 9.41. The minimum Gasteiger partial charge on any atom is -0.384 e. The van der Waals surface area contributed by atoms with Gasteiger partial charge in [-0.25, -0.2) is 18.9 Å². The number of H-pyrrole nitrogens is 1. The molecule has 170 valence electrons. The molecule has 1 atom stereocenters. The molecule has 1 amide bonds. The van der Waals surface area contributed by atoms with Crippen molar-refractivity contribution in [2.75, 3.05) is 25.0 Å². The lowest BCUT2D eigenvalue weighted by atomic mass is 10.0. The molecule has 0 bridgehead atoms. The number of benzene rings is 2. The van der Waals surface area contributed by atoms with Crippen molar-refractivity contribution < 1.29 is 9.18 Å². The van der Waals surface area contributed by atoms with Crippen LogP contribution in [-0.4, -0.2) is 45.2 Å². The quantitative estimate of drug-likeness (QED) is 0.630. The second-order valence-corrected chi connectivity index (χ2v) is 9.41. The Balaban J connectivity index is 1.24. The maximum Gasteiger partial charge on any atom is 0.348 e. The normalized spacial score (nSPS) is 19.5. The van der Waals surface area contributed by atoms with Crippen LogP contribution in [0.3, 0.4) is 0 Å². The third kappa shape index (κ3) is 3.73. The lowest BCUT2D eigenvalue weighted by molar-refractivity contribution is -0.131. The molecule has 7 nitrogen and oxygen atoms in total. The Bertz CT molecular complexity index is 1290. The van der Waals surface area contributed by atoms with Gasteiger partial charge in [0.05, 0.1) is 5.69 Å². The third-order valence-corrected chi connectivity index (χ3v) is 7.08. The maximum absolute atomic E-state index is 15.2. The van der Waals surface area contributed by atoms with Crippen molar-refractivity contribution in [2.45, 2.75) is 32.1 Å². The van der Waals surface area contributed by atoms with Gasteiger partial charge in [0, 0.05) is 37.7 Å². The Labute approximate surface area is 190 Å². The Morgan fingerprint density at radius 2 is 1.94 bits per heavy atom. The summed E-state index contributed by atoms with van der Waals surface area (Å²) in [6, 6.07) is 11.1. The minimum absolute atomic E-state index is 0.190. The van der Waals surface area contributed by atoms with Crippen molar-refractivity contribution in [3.8, 4) is 16.8 Å². The Kier molecular flexibility index (Phi) is 4.81. The number of anilines is 1. The van der Waals surface area contributed by atoms with E-state index in [1.165, 1.54) is 16.2 Å². The highest BCUT2D eigenvalue weighted by atomic mass is 19.1. The van der Waals surface area contributed by atoms with Gasteiger partial charge in [-0.1, -0.05) is 18.2 Å². The second kappa shape index (κ2) is 7.86. The first-order valence-electron chi connectivity index (χ1n) is 11.7. The average molecular weight is 448 g/mol. The summed E-state index contributed by atoms with van der Waals surface area (Å²) >= 11 is 0. The monoisotopic (exact) mass is 447 g/mol. The number of halogens is 1. The van der Waals surface area contributed by atoms with Gasteiger partial charge in [-0.3, -0.25) is 4.79 Å². The Hall–Kier alpha value is -3.42. The smallest absolute Gasteiger partial charge is 0.348 e. The van der Waals surface area contributed by atoms with E-state index >= 15 is 4.39 Å². The van der Waals surface area contributed by atoms with E-state index in [0.717, 1.165) is 55.6 Å². The number of rotatable bonds is 5. The summed E-state index contributed by atoms with van der Waals surface area (Å²) in [5.74, 6) is 0.700. The number of amides is 1. The first-order chi connectivity index (χ1) is 16.1. The van der Waals surface area contributed by atoms with Gasteiger partial charge in [0.25, 0.3) is 0 Å². The van der Waals surface area contributed by atoms with Gasteiger partial charge in [0.2, 0.25) is 5.91 Å². The zero-order chi connectivity index (χ0) is 22.5. The fourth-order valence-corrected chi connectivity index (χ4v) is 5.10. The number of fused-ring (bicyclic) bond motifs is 1. The van der Waals surface area contributed by atoms with E-state index < -0.39 is 11.5 Å². The summed E-state index contributed by atoms with van der Waals surface area (Å²) in [4.78, 5) is 26.8. The fraction of sp³-hybridized carbons (Fsp3) is 0.400. The summed E-state index contributed by atoms with van der Waals surface area (Å²) in [5, 5.41) is 10.0. The van der Waals surface area contributed by atoms with E-state index in [9.17, 15) is 9.59 Å². The van der Waals surface area contributed by atoms with Gasteiger partial charge in [-0.2, -0.15) is 5.10 Å². The largest absolute Gasteiger partial charge is 0.384 e. The molecular weight excluding hydrogens is 421 g/mol. The van der Waals surface area contributed by atoms with E-state index in [1.54, 1.807) is 6.07 Å². The Morgan fingerprint density at radius 1 is 1.12 bits per heavy atom. The minimum atomic E-state index is -0.470. The molecule has 3 aliphatic rings. The first-order valence-corrected chi connectivity index (χ1v) is 11.7. The van der Waals surface area contributed by atoms with Crippen LogP contribution in [0.25, 0.3) is 16.8 Å². The number of hydrogen-bond acceptors (Lipinski definition) is 4. The number of nitrogens with zero attached hydrogens (tertiary/aromatic N) is 3. The SMILES string of the molecule is O=C(C1CC1)N1CCC(Cc2n[nH]c(=O)n2-c2ccc(-c3ccc4c(c3)NCC4)cc2F)C1. The van der Waals surface area contributed by atoms with Crippen LogP contribution in [-0.2, 0) is 17.6 Å². The first kappa shape index (κ1) is 20.2. The third-order valence-electron chi connectivity index (χ3n) is 7.08. The molecule has 2 aromatic carbocycles. The molecule has 33 heavy (non-hydrogen) atoms. The Morgan fingerprint density at radius 3 is 2.76 bits per heavy atom. The van der Waals surface area contributed by atoms with Crippen molar-refractivity contribution in [3.05, 3.63) is 64.1 Å². The predicted molar refractivity (Wildman–Crippen MR) is 123 cm³/mol. The molecule has 1 aliphatic carbocycles. The van der Waals surface area contributed by atoms with E-state index in [-0.39, 0.29) is 23.4 Å². The lowest BCUT2D eigenvalue weighted by Gasteiger charge is -2.16. The number of nitrogens with one attached hydrogen (secondary N) is 2. The highest BCUT2D eigenvalue weighted by molar-refractivity contribution is 5.81. The van der Waals surface area contributed by atoms with Crippen LogP contribution in [0, 0.1) is 17.7 Å². The molecule has 3 heterocycles. The molecule has 0 spiro atoms. The number of aromatic amines is 1. The number of carbonyl (C=O) groups is 1. The van der Waals surface area contributed by atoms with E-state index in [0.29, 0.717) is 18.8 Å². The standard InChI is InChI=1S/C25H26FN5O2/c26-20-12-18(19-4-1-16-7-9-27-21(16)13-19)5-6-22(20)31-23(28-29-25(31)33)11-15-8-10-30(14-15)24(32)17-2-3-17/h1,4-6,12-13,15,17,27H,2-3,7-11,14H2,(H,29,33). The molecule has 6 rings (SSSR count). The van der Waals surface area contributed by atoms with E-state index in [4.69, 9.17) is 0 Å². The zero-order valence-electron chi connectivity index (χ0n) is 18.3. The molecule has 3 aromatic rings. The summed E-state index contributed by atoms with van der Waals surface area (Å²) in [7, 11) is 0. The highest BCUT2D eigenvalue weighted by Gasteiger charge is 2.37. The molecule has 2 fully saturated rings. The number of hydrogen-bond donors (Lipinski definition) is 2. The topological polar surface area (TPSA) is 83.0 Å². The van der Waals surface area contributed by atoms with Gasteiger partial charge >= 0.3 is 5.69 Å². The van der Waals surface area contributed by atoms with E-state index in [2.05, 4.69) is 21.6 Å². The molecule has 8 heteroatoms. The molecule has 1 aromatic heterocycles. The molecule has 2 N–H and O–H groups in total. The molecule has 1 unspecified atom stereocenters. The fourth-order valence-electron chi connectivity index (χ4n) is 5.10.